The molecular formula is C19H18N2O5S. The van der Waals surface area contributed by atoms with Gasteiger partial charge in [-0.3, -0.25) is 9.52 Å². The third kappa shape index (κ3) is 4.68. The van der Waals surface area contributed by atoms with Crippen molar-refractivity contribution in [2.45, 2.75) is 11.4 Å². The molecule has 2 aromatic carbocycles. The maximum Gasteiger partial charge on any atom is 0.261 e. The average molecular weight is 386 g/mol. The minimum absolute atomic E-state index is 0.0490. The molecule has 3 aromatic rings. The van der Waals surface area contributed by atoms with Gasteiger partial charge in [0.15, 0.2) is 0 Å². The van der Waals surface area contributed by atoms with Crippen molar-refractivity contribution in [3.05, 3.63) is 78.3 Å². The fraction of sp³-hybridized carbons (Fsp3) is 0.105. The number of ether oxygens (including phenoxy) is 1. The molecule has 1 amide bonds. The van der Waals surface area contributed by atoms with Crippen LogP contribution in [0.25, 0.3) is 0 Å². The molecule has 0 unspecified atom stereocenters. The van der Waals surface area contributed by atoms with Crippen molar-refractivity contribution in [2.24, 2.45) is 0 Å². The number of carbonyl (C=O) groups excluding carboxylic acids is 1. The molecule has 0 bridgehead atoms. The summed E-state index contributed by atoms with van der Waals surface area (Å²) in [6.45, 7) is 0.253. The van der Waals surface area contributed by atoms with E-state index in [4.69, 9.17) is 9.15 Å². The quantitative estimate of drug-likeness (QED) is 0.650. The van der Waals surface area contributed by atoms with Crippen LogP contribution in [0.4, 0.5) is 5.69 Å². The summed E-state index contributed by atoms with van der Waals surface area (Å²) >= 11 is 0. The minimum atomic E-state index is -3.78. The molecular weight excluding hydrogens is 368 g/mol. The number of anilines is 1. The Kier molecular flexibility index (Phi) is 5.46. The van der Waals surface area contributed by atoms with E-state index in [9.17, 15) is 13.2 Å². The number of hydrogen-bond acceptors (Lipinski definition) is 5. The van der Waals surface area contributed by atoms with Gasteiger partial charge in [0.1, 0.15) is 11.5 Å². The van der Waals surface area contributed by atoms with Crippen molar-refractivity contribution in [3.8, 4) is 5.75 Å². The zero-order valence-electron chi connectivity index (χ0n) is 14.5. The highest BCUT2D eigenvalue weighted by molar-refractivity contribution is 7.92. The molecule has 1 heterocycles. The zero-order chi connectivity index (χ0) is 19.3. The molecule has 0 atom stereocenters. The van der Waals surface area contributed by atoms with Crippen LogP contribution in [0.5, 0.6) is 5.75 Å². The second kappa shape index (κ2) is 7.96. The summed E-state index contributed by atoms with van der Waals surface area (Å²) in [5.41, 5.74) is 0.733. The summed E-state index contributed by atoms with van der Waals surface area (Å²) in [5, 5.41) is 2.70. The SMILES string of the molecule is COc1cccc(NS(=O)(=O)c2ccc(C(=O)NCc3ccco3)cc2)c1. The molecule has 0 aliphatic heterocycles. The van der Waals surface area contributed by atoms with E-state index in [-0.39, 0.29) is 17.3 Å². The molecule has 0 spiro atoms. The lowest BCUT2D eigenvalue weighted by atomic mass is 10.2. The van der Waals surface area contributed by atoms with Gasteiger partial charge >= 0.3 is 0 Å². The largest absolute Gasteiger partial charge is 0.497 e. The summed E-state index contributed by atoms with van der Waals surface area (Å²) in [6.07, 6.45) is 1.52. The van der Waals surface area contributed by atoms with Gasteiger partial charge in [-0.15, -0.1) is 0 Å². The summed E-state index contributed by atoms with van der Waals surface area (Å²) in [5.74, 6) is 0.847. The topological polar surface area (TPSA) is 97.6 Å². The molecule has 3 rings (SSSR count). The van der Waals surface area contributed by atoms with E-state index in [1.165, 1.54) is 37.6 Å². The number of benzene rings is 2. The van der Waals surface area contributed by atoms with Crippen LogP contribution in [0, 0.1) is 0 Å². The van der Waals surface area contributed by atoms with Gasteiger partial charge < -0.3 is 14.5 Å². The summed E-state index contributed by atoms with van der Waals surface area (Å²) in [4.78, 5) is 12.2. The van der Waals surface area contributed by atoms with Crippen LogP contribution in [0.1, 0.15) is 16.1 Å². The van der Waals surface area contributed by atoms with Crippen LogP contribution in [0.15, 0.2) is 76.2 Å². The molecule has 0 saturated heterocycles. The Labute approximate surface area is 157 Å². The number of amides is 1. The van der Waals surface area contributed by atoms with Gasteiger partial charge in [0.25, 0.3) is 15.9 Å². The van der Waals surface area contributed by atoms with E-state index in [1.807, 2.05) is 0 Å². The maximum atomic E-state index is 12.5. The van der Waals surface area contributed by atoms with Crippen LogP contribution in [0.3, 0.4) is 0 Å². The van der Waals surface area contributed by atoms with Crippen LogP contribution < -0.4 is 14.8 Å². The summed E-state index contributed by atoms with van der Waals surface area (Å²) < 4.78 is 37.7. The predicted octanol–water partition coefficient (Wildman–Crippen LogP) is 3.02. The molecule has 0 radical (unpaired) electrons. The van der Waals surface area contributed by atoms with Crippen LogP contribution in [-0.4, -0.2) is 21.4 Å². The van der Waals surface area contributed by atoms with Gasteiger partial charge in [-0.25, -0.2) is 8.42 Å². The predicted molar refractivity (Wildman–Crippen MR) is 100 cm³/mol. The summed E-state index contributed by atoms with van der Waals surface area (Å²) in [6, 6.07) is 15.8. The summed E-state index contributed by atoms with van der Waals surface area (Å²) in [7, 11) is -2.28. The average Bonchev–Trinajstić information content (AvgIpc) is 3.19. The Morgan fingerprint density at radius 3 is 2.52 bits per heavy atom. The highest BCUT2D eigenvalue weighted by Crippen LogP contribution is 2.21. The van der Waals surface area contributed by atoms with E-state index in [0.717, 1.165) is 0 Å². The number of carbonyl (C=O) groups is 1. The normalized spacial score (nSPS) is 11.0. The molecule has 0 saturated carbocycles. The third-order valence-electron chi connectivity index (χ3n) is 3.75. The molecule has 0 aliphatic carbocycles. The van der Waals surface area contributed by atoms with E-state index >= 15 is 0 Å². The minimum Gasteiger partial charge on any atom is -0.497 e. The van der Waals surface area contributed by atoms with E-state index in [0.29, 0.717) is 22.8 Å². The van der Waals surface area contributed by atoms with Crippen molar-refractivity contribution in [2.75, 3.05) is 11.8 Å². The second-order valence-corrected chi connectivity index (χ2v) is 7.31. The molecule has 2 N–H and O–H groups in total. The van der Waals surface area contributed by atoms with E-state index in [1.54, 1.807) is 36.4 Å². The molecule has 0 aliphatic rings. The molecule has 7 nitrogen and oxygen atoms in total. The van der Waals surface area contributed by atoms with Gasteiger partial charge in [-0.2, -0.15) is 0 Å². The zero-order valence-corrected chi connectivity index (χ0v) is 15.3. The Hall–Kier alpha value is -3.26. The molecule has 0 fully saturated rings. The van der Waals surface area contributed by atoms with Gasteiger partial charge in [0.05, 0.1) is 30.5 Å². The van der Waals surface area contributed by atoms with Crippen molar-refractivity contribution in [1.29, 1.82) is 0 Å². The lowest BCUT2D eigenvalue weighted by molar-refractivity contribution is 0.0948. The fourth-order valence-corrected chi connectivity index (χ4v) is 3.42. The first-order chi connectivity index (χ1) is 13.0. The Bertz CT molecular complexity index is 1010. The smallest absolute Gasteiger partial charge is 0.261 e. The van der Waals surface area contributed by atoms with Crippen LogP contribution >= 0.6 is 0 Å². The third-order valence-corrected chi connectivity index (χ3v) is 5.15. The van der Waals surface area contributed by atoms with Gasteiger partial charge in [-0.05, 0) is 48.5 Å². The fourth-order valence-electron chi connectivity index (χ4n) is 2.37. The number of nitrogens with one attached hydrogen (secondary N) is 2. The first-order valence-corrected chi connectivity index (χ1v) is 9.54. The van der Waals surface area contributed by atoms with Crippen molar-refractivity contribution < 1.29 is 22.4 Å². The number of methoxy groups -OCH3 is 1. The molecule has 1 aromatic heterocycles. The van der Waals surface area contributed by atoms with E-state index in [2.05, 4.69) is 10.0 Å². The first kappa shape index (κ1) is 18.5. The van der Waals surface area contributed by atoms with Crippen molar-refractivity contribution in [3.63, 3.8) is 0 Å². The Morgan fingerprint density at radius 1 is 1.07 bits per heavy atom. The van der Waals surface area contributed by atoms with Crippen molar-refractivity contribution >= 4 is 21.6 Å². The first-order valence-electron chi connectivity index (χ1n) is 8.05. The number of furan rings is 1. The van der Waals surface area contributed by atoms with Gasteiger partial charge in [-0.1, -0.05) is 6.07 Å². The second-order valence-electron chi connectivity index (χ2n) is 5.62. The van der Waals surface area contributed by atoms with Crippen LogP contribution in [-0.2, 0) is 16.6 Å². The Morgan fingerprint density at radius 2 is 1.85 bits per heavy atom. The lowest BCUT2D eigenvalue weighted by Gasteiger charge is -2.10. The maximum absolute atomic E-state index is 12.5. The van der Waals surface area contributed by atoms with Gasteiger partial charge in [0.2, 0.25) is 0 Å². The number of rotatable bonds is 7. The van der Waals surface area contributed by atoms with Crippen molar-refractivity contribution in [1.82, 2.24) is 5.32 Å². The Balaban J connectivity index is 1.68. The standard InChI is InChI=1S/C19H18N2O5S/c1-25-16-5-2-4-15(12-16)21-27(23,24)18-9-7-14(8-10-18)19(22)20-13-17-6-3-11-26-17/h2-12,21H,13H2,1H3,(H,20,22). The highest BCUT2D eigenvalue weighted by Gasteiger charge is 2.15. The van der Waals surface area contributed by atoms with Crippen LogP contribution in [0.2, 0.25) is 0 Å². The monoisotopic (exact) mass is 386 g/mol. The lowest BCUT2D eigenvalue weighted by Crippen LogP contribution is -2.22. The molecule has 8 heteroatoms. The number of hydrogen-bond donors (Lipinski definition) is 2. The number of sulfonamides is 1. The van der Waals surface area contributed by atoms with Gasteiger partial charge in [0, 0.05) is 11.6 Å². The molecule has 27 heavy (non-hydrogen) atoms. The molecule has 140 valence electrons. The van der Waals surface area contributed by atoms with E-state index < -0.39 is 10.0 Å². The highest BCUT2D eigenvalue weighted by atomic mass is 32.2.